The molecular weight excluding hydrogens is 394 g/mol. The number of amides is 1. The second-order valence-corrected chi connectivity index (χ2v) is 8.25. The third-order valence-corrected chi connectivity index (χ3v) is 6.35. The van der Waals surface area contributed by atoms with Gasteiger partial charge in [-0.3, -0.25) is 4.79 Å². The van der Waals surface area contributed by atoms with Gasteiger partial charge < -0.3 is 15.8 Å². The van der Waals surface area contributed by atoms with E-state index in [1.54, 1.807) is 39.0 Å². The number of anilines is 2. The Morgan fingerprint density at radius 1 is 1.07 bits per heavy atom. The van der Waals surface area contributed by atoms with Crippen LogP contribution >= 0.6 is 0 Å². The largest absolute Gasteiger partial charge is 0.452 e. The number of carbonyl (C=O) groups is 2. The molecule has 2 rings (SSSR count). The molecule has 1 amide bonds. The number of ether oxygens (including phenoxy) is 1. The molecule has 0 atom stereocenters. The summed E-state index contributed by atoms with van der Waals surface area (Å²) < 4.78 is 31.7. The predicted octanol–water partition coefficient (Wildman–Crippen LogP) is 2.40. The monoisotopic (exact) mass is 419 g/mol. The van der Waals surface area contributed by atoms with Crippen LogP contribution < -0.4 is 11.1 Å². The maximum absolute atomic E-state index is 12.7. The molecule has 9 heteroatoms. The zero-order valence-corrected chi connectivity index (χ0v) is 17.5. The van der Waals surface area contributed by atoms with E-state index in [2.05, 4.69) is 5.32 Å². The normalized spacial score (nSPS) is 11.3. The summed E-state index contributed by atoms with van der Waals surface area (Å²) in [6.07, 6.45) is 0. The summed E-state index contributed by atoms with van der Waals surface area (Å²) in [7, 11) is -3.66. The quantitative estimate of drug-likeness (QED) is 0.501. The van der Waals surface area contributed by atoms with Crippen molar-refractivity contribution in [2.45, 2.75) is 25.7 Å². The molecule has 0 fully saturated rings. The first-order valence-electron chi connectivity index (χ1n) is 9.12. The molecule has 8 nitrogen and oxygen atoms in total. The number of nitrogens with two attached hydrogens (primary N) is 1. The fraction of sp³-hybridized carbons (Fsp3) is 0.300. The summed E-state index contributed by atoms with van der Waals surface area (Å²) in [6.45, 7) is 5.44. The van der Waals surface area contributed by atoms with Crippen molar-refractivity contribution in [2.75, 3.05) is 30.7 Å². The van der Waals surface area contributed by atoms with Gasteiger partial charge in [-0.05, 0) is 48.9 Å². The standard InChI is InChI=1S/C20H25N3O5S/c1-4-23(5-2)29(26,27)17-11-6-14(3)18(12-17)22-19(24)13-28-20(25)15-7-9-16(21)10-8-15/h6-12H,4-5,13,21H2,1-3H3,(H,22,24). The fourth-order valence-corrected chi connectivity index (χ4v) is 4.11. The van der Waals surface area contributed by atoms with Crippen LogP contribution in [-0.4, -0.2) is 44.3 Å². The molecule has 0 saturated heterocycles. The summed E-state index contributed by atoms with van der Waals surface area (Å²) in [4.78, 5) is 24.3. The Hall–Kier alpha value is -2.91. The number of sulfonamides is 1. The van der Waals surface area contributed by atoms with E-state index in [9.17, 15) is 18.0 Å². The van der Waals surface area contributed by atoms with Gasteiger partial charge in [0.1, 0.15) is 0 Å². The Balaban J connectivity index is 2.08. The number of hydrogen-bond donors (Lipinski definition) is 2. The van der Waals surface area contributed by atoms with E-state index in [0.29, 0.717) is 30.0 Å². The molecule has 0 aliphatic heterocycles. The first kappa shape index (κ1) is 22.4. The molecule has 0 spiro atoms. The van der Waals surface area contributed by atoms with Crippen LogP contribution in [0.4, 0.5) is 11.4 Å². The number of esters is 1. The number of nitrogens with one attached hydrogen (secondary N) is 1. The third-order valence-electron chi connectivity index (χ3n) is 4.31. The zero-order valence-electron chi connectivity index (χ0n) is 16.6. The first-order valence-corrected chi connectivity index (χ1v) is 10.6. The van der Waals surface area contributed by atoms with E-state index < -0.39 is 28.5 Å². The maximum Gasteiger partial charge on any atom is 0.338 e. The van der Waals surface area contributed by atoms with Gasteiger partial charge in [0, 0.05) is 24.5 Å². The van der Waals surface area contributed by atoms with Gasteiger partial charge in [0.25, 0.3) is 5.91 Å². The molecule has 156 valence electrons. The van der Waals surface area contributed by atoms with E-state index in [1.807, 2.05) is 0 Å². The van der Waals surface area contributed by atoms with Crippen molar-refractivity contribution >= 4 is 33.3 Å². The molecular formula is C20H25N3O5S. The van der Waals surface area contributed by atoms with E-state index in [-0.39, 0.29) is 10.5 Å². The van der Waals surface area contributed by atoms with E-state index in [4.69, 9.17) is 10.5 Å². The molecule has 0 aromatic heterocycles. The molecule has 2 aromatic carbocycles. The van der Waals surface area contributed by atoms with Crippen molar-refractivity contribution in [1.82, 2.24) is 4.31 Å². The Morgan fingerprint density at radius 3 is 2.28 bits per heavy atom. The molecule has 0 unspecified atom stereocenters. The van der Waals surface area contributed by atoms with Gasteiger partial charge in [-0.2, -0.15) is 4.31 Å². The molecule has 3 N–H and O–H groups in total. The highest BCUT2D eigenvalue weighted by atomic mass is 32.2. The molecule has 2 aromatic rings. The van der Waals surface area contributed by atoms with Crippen molar-refractivity contribution in [1.29, 1.82) is 0 Å². The van der Waals surface area contributed by atoms with Crippen LogP contribution in [0.5, 0.6) is 0 Å². The second kappa shape index (κ2) is 9.53. The average Bonchev–Trinajstić information content (AvgIpc) is 2.69. The number of aryl methyl sites for hydroxylation is 1. The van der Waals surface area contributed by atoms with Gasteiger partial charge in [0.2, 0.25) is 10.0 Å². The fourth-order valence-electron chi connectivity index (χ4n) is 2.63. The summed E-state index contributed by atoms with van der Waals surface area (Å²) in [6, 6.07) is 10.6. The van der Waals surface area contributed by atoms with Crippen LogP contribution in [0.1, 0.15) is 29.8 Å². The van der Waals surface area contributed by atoms with Crippen molar-refractivity contribution in [2.24, 2.45) is 0 Å². The summed E-state index contributed by atoms with van der Waals surface area (Å²) in [5.41, 5.74) is 7.37. The first-order chi connectivity index (χ1) is 13.7. The van der Waals surface area contributed by atoms with Crippen molar-refractivity contribution in [3.8, 4) is 0 Å². The van der Waals surface area contributed by atoms with Crippen molar-refractivity contribution in [3.05, 3.63) is 53.6 Å². The van der Waals surface area contributed by atoms with Gasteiger partial charge >= 0.3 is 5.97 Å². The highest BCUT2D eigenvalue weighted by Gasteiger charge is 2.22. The van der Waals surface area contributed by atoms with Crippen LogP contribution in [0.15, 0.2) is 47.4 Å². The highest BCUT2D eigenvalue weighted by Crippen LogP contribution is 2.23. The molecule has 0 aliphatic carbocycles. The number of nitrogen functional groups attached to an aromatic ring is 1. The lowest BCUT2D eigenvalue weighted by atomic mass is 10.2. The van der Waals surface area contributed by atoms with Gasteiger partial charge in [-0.15, -0.1) is 0 Å². The average molecular weight is 420 g/mol. The van der Waals surface area contributed by atoms with Crippen LogP contribution in [-0.2, 0) is 19.6 Å². The Bertz CT molecular complexity index is 984. The third kappa shape index (κ3) is 5.55. The van der Waals surface area contributed by atoms with Crippen LogP contribution in [0.25, 0.3) is 0 Å². The van der Waals surface area contributed by atoms with Gasteiger partial charge in [0.15, 0.2) is 6.61 Å². The topological polar surface area (TPSA) is 119 Å². The summed E-state index contributed by atoms with van der Waals surface area (Å²) >= 11 is 0. The lowest BCUT2D eigenvalue weighted by Gasteiger charge is -2.19. The molecule has 0 aliphatic rings. The SMILES string of the molecule is CCN(CC)S(=O)(=O)c1ccc(C)c(NC(=O)COC(=O)c2ccc(N)cc2)c1. The minimum Gasteiger partial charge on any atom is -0.452 e. The van der Waals surface area contributed by atoms with Crippen LogP contribution in [0.3, 0.4) is 0 Å². The number of rotatable bonds is 8. The van der Waals surface area contributed by atoms with E-state index in [1.165, 1.54) is 28.6 Å². The lowest BCUT2D eigenvalue weighted by Crippen LogP contribution is -2.30. The highest BCUT2D eigenvalue weighted by molar-refractivity contribution is 7.89. The maximum atomic E-state index is 12.7. The second-order valence-electron chi connectivity index (χ2n) is 6.31. The van der Waals surface area contributed by atoms with Crippen molar-refractivity contribution in [3.63, 3.8) is 0 Å². The minimum absolute atomic E-state index is 0.0842. The number of carbonyl (C=O) groups excluding carboxylic acids is 2. The lowest BCUT2D eigenvalue weighted by molar-refractivity contribution is -0.119. The Kier molecular flexibility index (Phi) is 7.35. The molecule has 0 heterocycles. The Labute approximate surface area is 170 Å². The van der Waals surface area contributed by atoms with Crippen molar-refractivity contribution < 1.29 is 22.7 Å². The molecule has 29 heavy (non-hydrogen) atoms. The number of nitrogens with zero attached hydrogens (tertiary/aromatic N) is 1. The van der Waals surface area contributed by atoms with Crippen LogP contribution in [0.2, 0.25) is 0 Å². The van der Waals surface area contributed by atoms with E-state index >= 15 is 0 Å². The summed E-state index contributed by atoms with van der Waals surface area (Å²) in [5.74, 6) is -1.23. The van der Waals surface area contributed by atoms with Crippen LogP contribution in [0, 0.1) is 6.92 Å². The number of benzene rings is 2. The zero-order chi connectivity index (χ0) is 21.6. The minimum atomic E-state index is -3.66. The molecule has 0 saturated carbocycles. The smallest absolute Gasteiger partial charge is 0.338 e. The van der Waals surface area contributed by atoms with Gasteiger partial charge in [-0.25, -0.2) is 13.2 Å². The van der Waals surface area contributed by atoms with E-state index in [0.717, 1.165) is 0 Å². The molecule has 0 radical (unpaired) electrons. The van der Waals surface area contributed by atoms with Gasteiger partial charge in [0.05, 0.1) is 10.5 Å². The Morgan fingerprint density at radius 2 is 1.69 bits per heavy atom. The van der Waals surface area contributed by atoms with Gasteiger partial charge in [-0.1, -0.05) is 19.9 Å². The summed E-state index contributed by atoms with van der Waals surface area (Å²) in [5, 5.41) is 2.59. The number of hydrogen-bond acceptors (Lipinski definition) is 6. The predicted molar refractivity (Wildman–Crippen MR) is 111 cm³/mol. The molecule has 0 bridgehead atoms.